The minimum absolute atomic E-state index is 0.0250. The maximum atomic E-state index is 12.7. The highest BCUT2D eigenvalue weighted by Crippen LogP contribution is 2.15. The van der Waals surface area contributed by atoms with Gasteiger partial charge in [0.25, 0.3) is 5.91 Å². The lowest BCUT2D eigenvalue weighted by atomic mass is 10.1. The number of rotatable bonds is 3. The highest BCUT2D eigenvalue weighted by Gasteiger charge is 2.22. The van der Waals surface area contributed by atoms with Gasteiger partial charge in [0, 0.05) is 43.3 Å². The van der Waals surface area contributed by atoms with Crippen molar-refractivity contribution in [3.8, 4) is 0 Å². The first-order chi connectivity index (χ1) is 13.0. The van der Waals surface area contributed by atoms with Crippen LogP contribution in [-0.2, 0) is 6.54 Å². The predicted molar refractivity (Wildman–Crippen MR) is 107 cm³/mol. The van der Waals surface area contributed by atoms with Crippen molar-refractivity contribution in [3.05, 3.63) is 70.2 Å². The minimum atomic E-state index is -0.125. The number of benzene rings is 2. The molecule has 0 bridgehead atoms. The third kappa shape index (κ3) is 5.01. The van der Waals surface area contributed by atoms with E-state index in [4.69, 9.17) is 11.6 Å². The second-order valence-electron chi connectivity index (χ2n) is 6.75. The Bertz CT molecular complexity index is 825. The first-order valence-corrected chi connectivity index (χ1v) is 9.54. The molecule has 3 amide bonds. The van der Waals surface area contributed by atoms with E-state index < -0.39 is 0 Å². The van der Waals surface area contributed by atoms with E-state index >= 15 is 0 Å². The van der Waals surface area contributed by atoms with Crippen molar-refractivity contribution in [2.45, 2.75) is 19.9 Å². The number of amides is 3. The third-order valence-corrected chi connectivity index (χ3v) is 5.09. The molecule has 2 aromatic rings. The van der Waals surface area contributed by atoms with Gasteiger partial charge in [0.2, 0.25) is 0 Å². The summed E-state index contributed by atoms with van der Waals surface area (Å²) in [7, 11) is 0. The fraction of sp³-hybridized carbons (Fsp3) is 0.333. The summed E-state index contributed by atoms with van der Waals surface area (Å²) in [6.45, 7) is 4.70. The van der Waals surface area contributed by atoms with Crippen LogP contribution in [0.25, 0.3) is 0 Å². The zero-order valence-electron chi connectivity index (χ0n) is 15.5. The molecule has 1 saturated heterocycles. The van der Waals surface area contributed by atoms with E-state index in [9.17, 15) is 9.59 Å². The standard InChI is InChI=1S/C21H24ClN3O2/c1-16-6-4-8-17(14-16)20(26)24-10-5-11-25(13-12-24)21(27)23-15-18-7-2-3-9-19(18)22/h2-4,6-9,14H,5,10-13,15H2,1H3,(H,23,27). The Labute approximate surface area is 164 Å². The number of hydrogen-bond donors (Lipinski definition) is 1. The van der Waals surface area contributed by atoms with Gasteiger partial charge in [-0.3, -0.25) is 4.79 Å². The zero-order chi connectivity index (χ0) is 19.2. The van der Waals surface area contributed by atoms with E-state index in [0.29, 0.717) is 43.3 Å². The Balaban J connectivity index is 1.55. The fourth-order valence-corrected chi connectivity index (χ4v) is 3.41. The van der Waals surface area contributed by atoms with Crippen LogP contribution in [0.1, 0.15) is 27.9 Å². The molecule has 142 valence electrons. The van der Waals surface area contributed by atoms with Crippen LogP contribution in [0.3, 0.4) is 0 Å². The lowest BCUT2D eigenvalue weighted by Crippen LogP contribution is -2.42. The average molecular weight is 386 g/mol. The van der Waals surface area contributed by atoms with Crippen molar-refractivity contribution < 1.29 is 9.59 Å². The third-order valence-electron chi connectivity index (χ3n) is 4.72. The Hall–Kier alpha value is -2.53. The van der Waals surface area contributed by atoms with Gasteiger partial charge in [-0.05, 0) is 37.1 Å². The maximum absolute atomic E-state index is 12.7. The number of halogens is 1. The molecule has 3 rings (SSSR count). The first kappa shape index (κ1) is 19.2. The van der Waals surface area contributed by atoms with Crippen molar-refractivity contribution >= 4 is 23.5 Å². The van der Waals surface area contributed by atoms with Gasteiger partial charge >= 0.3 is 6.03 Å². The van der Waals surface area contributed by atoms with Crippen LogP contribution in [0.2, 0.25) is 5.02 Å². The van der Waals surface area contributed by atoms with Crippen LogP contribution in [0.15, 0.2) is 48.5 Å². The predicted octanol–water partition coefficient (Wildman–Crippen LogP) is 3.71. The molecule has 0 radical (unpaired) electrons. The molecule has 1 aliphatic heterocycles. The van der Waals surface area contributed by atoms with E-state index in [2.05, 4.69) is 5.32 Å². The summed E-state index contributed by atoms with van der Waals surface area (Å²) in [4.78, 5) is 28.8. The van der Waals surface area contributed by atoms with Crippen molar-refractivity contribution in [2.75, 3.05) is 26.2 Å². The average Bonchev–Trinajstić information content (AvgIpc) is 2.93. The van der Waals surface area contributed by atoms with Crippen molar-refractivity contribution in [2.24, 2.45) is 0 Å². The highest BCUT2D eigenvalue weighted by molar-refractivity contribution is 6.31. The Morgan fingerprint density at radius 2 is 1.74 bits per heavy atom. The topological polar surface area (TPSA) is 52.7 Å². The Morgan fingerprint density at radius 3 is 2.52 bits per heavy atom. The lowest BCUT2D eigenvalue weighted by molar-refractivity contribution is 0.0762. The summed E-state index contributed by atoms with van der Waals surface area (Å²) in [5.41, 5.74) is 2.65. The van der Waals surface area contributed by atoms with Crippen LogP contribution >= 0.6 is 11.6 Å². The van der Waals surface area contributed by atoms with Crippen LogP contribution in [0, 0.1) is 6.92 Å². The van der Waals surface area contributed by atoms with E-state index in [0.717, 1.165) is 17.5 Å². The highest BCUT2D eigenvalue weighted by atomic mass is 35.5. The molecular formula is C21H24ClN3O2. The number of hydrogen-bond acceptors (Lipinski definition) is 2. The summed E-state index contributed by atoms with van der Waals surface area (Å²) >= 11 is 6.13. The molecule has 5 nitrogen and oxygen atoms in total. The molecule has 0 unspecified atom stereocenters. The monoisotopic (exact) mass is 385 g/mol. The second kappa shape index (κ2) is 8.91. The minimum Gasteiger partial charge on any atom is -0.337 e. The van der Waals surface area contributed by atoms with E-state index in [1.165, 1.54) is 0 Å². The van der Waals surface area contributed by atoms with Gasteiger partial charge in [-0.2, -0.15) is 0 Å². The SMILES string of the molecule is Cc1cccc(C(=O)N2CCCN(C(=O)NCc3ccccc3Cl)CC2)c1. The summed E-state index contributed by atoms with van der Waals surface area (Å²) in [5, 5.41) is 3.56. The number of nitrogens with one attached hydrogen (secondary N) is 1. The van der Waals surface area contributed by atoms with Crippen molar-refractivity contribution in [3.63, 3.8) is 0 Å². The smallest absolute Gasteiger partial charge is 0.317 e. The van der Waals surface area contributed by atoms with Gasteiger partial charge in [0.05, 0.1) is 0 Å². The van der Waals surface area contributed by atoms with Crippen molar-refractivity contribution in [1.82, 2.24) is 15.1 Å². The summed E-state index contributed by atoms with van der Waals surface area (Å²) < 4.78 is 0. The number of nitrogens with zero attached hydrogens (tertiary/aromatic N) is 2. The molecule has 2 aromatic carbocycles. The molecule has 0 saturated carbocycles. The maximum Gasteiger partial charge on any atom is 0.317 e. The Kier molecular flexibility index (Phi) is 6.35. The van der Waals surface area contributed by atoms with Gasteiger partial charge in [0.15, 0.2) is 0 Å². The normalized spacial score (nSPS) is 14.6. The molecule has 1 heterocycles. The van der Waals surface area contributed by atoms with E-state index in [-0.39, 0.29) is 11.9 Å². The van der Waals surface area contributed by atoms with Gasteiger partial charge in [0.1, 0.15) is 0 Å². The van der Waals surface area contributed by atoms with Gasteiger partial charge in [-0.25, -0.2) is 4.79 Å². The van der Waals surface area contributed by atoms with Crippen LogP contribution < -0.4 is 5.32 Å². The van der Waals surface area contributed by atoms with Crippen LogP contribution in [0.5, 0.6) is 0 Å². The van der Waals surface area contributed by atoms with E-state index in [1.54, 1.807) is 4.90 Å². The lowest BCUT2D eigenvalue weighted by Gasteiger charge is -2.22. The number of carbonyl (C=O) groups excluding carboxylic acids is 2. The quantitative estimate of drug-likeness (QED) is 0.875. The van der Waals surface area contributed by atoms with Gasteiger partial charge < -0.3 is 15.1 Å². The molecule has 1 aliphatic rings. The van der Waals surface area contributed by atoms with Gasteiger partial charge in [-0.1, -0.05) is 47.5 Å². The number of aryl methyl sites for hydroxylation is 1. The molecule has 0 aromatic heterocycles. The molecule has 0 spiro atoms. The summed E-state index contributed by atoms with van der Waals surface area (Å²) in [5.74, 6) is 0.0250. The van der Waals surface area contributed by atoms with Gasteiger partial charge in [-0.15, -0.1) is 0 Å². The fourth-order valence-electron chi connectivity index (χ4n) is 3.21. The largest absolute Gasteiger partial charge is 0.337 e. The molecule has 1 fully saturated rings. The van der Waals surface area contributed by atoms with Crippen LogP contribution in [-0.4, -0.2) is 47.9 Å². The number of carbonyl (C=O) groups is 2. The molecule has 1 N–H and O–H groups in total. The molecule has 27 heavy (non-hydrogen) atoms. The van der Waals surface area contributed by atoms with Crippen molar-refractivity contribution in [1.29, 1.82) is 0 Å². The summed E-state index contributed by atoms with van der Waals surface area (Å²) in [6, 6.07) is 15.0. The number of urea groups is 1. The molecule has 6 heteroatoms. The summed E-state index contributed by atoms with van der Waals surface area (Å²) in [6.07, 6.45) is 0.761. The van der Waals surface area contributed by atoms with E-state index in [1.807, 2.05) is 60.4 Å². The first-order valence-electron chi connectivity index (χ1n) is 9.17. The molecular weight excluding hydrogens is 362 g/mol. The molecule has 0 aliphatic carbocycles. The Morgan fingerprint density at radius 1 is 1.00 bits per heavy atom. The molecule has 0 atom stereocenters. The van der Waals surface area contributed by atoms with Crippen LogP contribution in [0.4, 0.5) is 4.79 Å². The second-order valence-corrected chi connectivity index (χ2v) is 7.16. The zero-order valence-corrected chi connectivity index (χ0v) is 16.2.